The Labute approximate surface area is 168 Å². The molecular formula is C18H38Cl2N2O4. The Kier molecular flexibility index (Phi) is 24.1. The second-order valence-corrected chi connectivity index (χ2v) is 7.77. The zero-order chi connectivity index (χ0) is 18.2. The van der Waals surface area contributed by atoms with Crippen molar-refractivity contribution in [3.63, 3.8) is 0 Å². The number of unbranched alkanes of at least 4 members (excludes halogenated alkanes) is 10. The zero-order valence-electron chi connectivity index (χ0n) is 15.9. The highest BCUT2D eigenvalue weighted by Crippen LogP contribution is 2.17. The third kappa shape index (κ3) is 21.5. The van der Waals surface area contributed by atoms with Gasteiger partial charge in [0.05, 0.1) is 12.3 Å². The summed E-state index contributed by atoms with van der Waals surface area (Å²) in [6.45, 7) is 0. The molecule has 158 valence electrons. The number of halogens is 2. The van der Waals surface area contributed by atoms with Crippen molar-refractivity contribution >= 4 is 35.1 Å². The van der Waals surface area contributed by atoms with Gasteiger partial charge in [-0.1, -0.05) is 70.6 Å². The monoisotopic (exact) mass is 416 g/mol. The van der Waals surface area contributed by atoms with Gasteiger partial charge in [0.1, 0.15) is 4.84 Å². The lowest BCUT2D eigenvalue weighted by molar-refractivity contribution is -0.148. The van der Waals surface area contributed by atoms with Crippen molar-refractivity contribution in [2.75, 3.05) is 0 Å². The van der Waals surface area contributed by atoms with Gasteiger partial charge in [-0.15, -0.1) is 23.2 Å². The number of alkyl halides is 2. The summed E-state index contributed by atoms with van der Waals surface area (Å²) in [6, 6.07) is 0. The van der Waals surface area contributed by atoms with Crippen molar-refractivity contribution in [3.05, 3.63) is 0 Å². The van der Waals surface area contributed by atoms with Gasteiger partial charge in [0.25, 0.3) is 0 Å². The first-order valence-corrected chi connectivity index (χ1v) is 10.0. The number of carboxylic acids is 2. The molecule has 0 amide bonds. The van der Waals surface area contributed by atoms with Crippen LogP contribution in [0.5, 0.6) is 0 Å². The number of hydrogen-bond acceptors (Lipinski definition) is 4. The minimum Gasteiger partial charge on any atom is -0.481 e. The SMILES string of the molecule is N.N.O=C(O)CC(CCCCCCCCCCCCCC(Cl)Cl)C(=O)O. The van der Waals surface area contributed by atoms with E-state index < -0.39 is 17.9 Å². The zero-order valence-corrected chi connectivity index (χ0v) is 17.4. The largest absolute Gasteiger partial charge is 0.481 e. The summed E-state index contributed by atoms with van der Waals surface area (Å²) in [5.74, 6) is -2.77. The Balaban J connectivity index is -0.00000264. The molecule has 0 aromatic heterocycles. The molecule has 26 heavy (non-hydrogen) atoms. The average molecular weight is 417 g/mol. The molecule has 0 spiro atoms. The minimum absolute atomic E-state index is 0. The Morgan fingerprint density at radius 2 is 1.00 bits per heavy atom. The predicted octanol–water partition coefficient (Wildman–Crippen LogP) is 6.36. The summed E-state index contributed by atoms with van der Waals surface area (Å²) in [5, 5.41) is 17.6. The molecular weight excluding hydrogens is 379 g/mol. The van der Waals surface area contributed by atoms with Crippen LogP contribution >= 0.6 is 23.2 Å². The Hall–Kier alpha value is -0.560. The van der Waals surface area contributed by atoms with Gasteiger partial charge in [-0.3, -0.25) is 9.59 Å². The van der Waals surface area contributed by atoms with Crippen LogP contribution in [0.1, 0.15) is 89.9 Å². The highest BCUT2D eigenvalue weighted by atomic mass is 35.5. The summed E-state index contributed by atoms with van der Waals surface area (Å²) in [7, 11) is 0. The molecule has 0 aromatic rings. The molecule has 0 radical (unpaired) electrons. The van der Waals surface area contributed by atoms with Crippen LogP contribution < -0.4 is 12.3 Å². The van der Waals surface area contributed by atoms with Crippen LogP contribution in [0.25, 0.3) is 0 Å². The topological polar surface area (TPSA) is 145 Å². The van der Waals surface area contributed by atoms with Gasteiger partial charge in [0.15, 0.2) is 0 Å². The molecule has 6 nitrogen and oxygen atoms in total. The van der Waals surface area contributed by atoms with E-state index in [4.69, 9.17) is 33.4 Å². The standard InChI is InChI=1S/C18H32Cl2O4.2H3N/c19-16(20)13-11-9-7-5-3-1-2-4-6-8-10-12-15(18(23)24)14-17(21)22;;/h15-16H,1-14H2,(H,21,22)(H,23,24);2*1H3. The van der Waals surface area contributed by atoms with Crippen LogP contribution in [0.2, 0.25) is 0 Å². The van der Waals surface area contributed by atoms with Crippen molar-refractivity contribution in [3.8, 4) is 0 Å². The van der Waals surface area contributed by atoms with Crippen LogP contribution in [0.4, 0.5) is 0 Å². The molecule has 0 saturated heterocycles. The molecule has 0 fully saturated rings. The van der Waals surface area contributed by atoms with E-state index in [0.717, 1.165) is 32.1 Å². The number of rotatable bonds is 17. The van der Waals surface area contributed by atoms with Crippen LogP contribution in [0.3, 0.4) is 0 Å². The van der Waals surface area contributed by atoms with Gasteiger partial charge in [-0.05, 0) is 12.8 Å². The highest BCUT2D eigenvalue weighted by Gasteiger charge is 2.20. The van der Waals surface area contributed by atoms with Crippen molar-refractivity contribution in [2.45, 2.75) is 94.7 Å². The summed E-state index contributed by atoms with van der Waals surface area (Å²) in [5.41, 5.74) is 0. The van der Waals surface area contributed by atoms with E-state index in [1.54, 1.807) is 0 Å². The molecule has 8 heteroatoms. The minimum atomic E-state index is -1.03. The van der Waals surface area contributed by atoms with Crippen LogP contribution in [0, 0.1) is 5.92 Å². The average Bonchev–Trinajstić information content (AvgIpc) is 2.49. The summed E-state index contributed by atoms with van der Waals surface area (Å²) in [4.78, 5) is 21.3. The lowest BCUT2D eigenvalue weighted by Gasteiger charge is -2.09. The van der Waals surface area contributed by atoms with E-state index in [0.29, 0.717) is 6.42 Å². The van der Waals surface area contributed by atoms with Crippen molar-refractivity contribution in [1.29, 1.82) is 0 Å². The normalized spacial score (nSPS) is 11.5. The molecule has 0 bridgehead atoms. The second kappa shape index (κ2) is 20.7. The maximum absolute atomic E-state index is 10.9. The fraction of sp³-hybridized carbons (Fsp3) is 0.889. The number of carbonyl (C=O) groups is 2. The molecule has 0 heterocycles. The van der Waals surface area contributed by atoms with Crippen LogP contribution in [0.15, 0.2) is 0 Å². The Morgan fingerprint density at radius 3 is 1.31 bits per heavy atom. The van der Waals surface area contributed by atoms with Gasteiger partial charge in [-0.25, -0.2) is 0 Å². The smallest absolute Gasteiger partial charge is 0.307 e. The highest BCUT2D eigenvalue weighted by molar-refractivity contribution is 6.44. The van der Waals surface area contributed by atoms with Gasteiger partial charge in [0, 0.05) is 0 Å². The Bertz CT molecular complexity index is 345. The summed E-state index contributed by atoms with van der Waals surface area (Å²) < 4.78 is 0. The molecule has 1 unspecified atom stereocenters. The lowest BCUT2D eigenvalue weighted by atomic mass is 9.97. The van der Waals surface area contributed by atoms with Gasteiger partial charge in [0.2, 0.25) is 0 Å². The summed E-state index contributed by atoms with van der Waals surface area (Å²) >= 11 is 11.4. The maximum atomic E-state index is 10.9. The molecule has 0 aliphatic rings. The van der Waals surface area contributed by atoms with E-state index in [2.05, 4.69) is 0 Å². The van der Waals surface area contributed by atoms with Crippen molar-refractivity contribution in [1.82, 2.24) is 12.3 Å². The molecule has 0 saturated carbocycles. The predicted molar refractivity (Wildman–Crippen MR) is 109 cm³/mol. The molecule has 0 aliphatic heterocycles. The van der Waals surface area contributed by atoms with E-state index in [1.807, 2.05) is 0 Å². The Morgan fingerprint density at radius 1 is 0.654 bits per heavy atom. The maximum Gasteiger partial charge on any atom is 0.307 e. The second-order valence-electron chi connectivity index (χ2n) is 6.49. The van der Waals surface area contributed by atoms with Crippen molar-refractivity contribution in [2.24, 2.45) is 5.92 Å². The first kappa shape index (κ1) is 30.2. The van der Waals surface area contributed by atoms with E-state index in [1.165, 1.54) is 44.9 Å². The molecule has 8 N–H and O–H groups in total. The fourth-order valence-electron chi connectivity index (χ4n) is 2.80. The molecule has 1 atom stereocenters. The fourth-order valence-corrected chi connectivity index (χ4v) is 3.11. The molecule has 0 aliphatic carbocycles. The van der Waals surface area contributed by atoms with Crippen LogP contribution in [-0.4, -0.2) is 27.0 Å². The summed E-state index contributed by atoms with van der Waals surface area (Å²) in [6.07, 6.45) is 13.7. The van der Waals surface area contributed by atoms with E-state index in [9.17, 15) is 9.59 Å². The third-order valence-electron chi connectivity index (χ3n) is 4.25. The van der Waals surface area contributed by atoms with E-state index in [-0.39, 0.29) is 23.6 Å². The van der Waals surface area contributed by atoms with Crippen molar-refractivity contribution < 1.29 is 19.8 Å². The third-order valence-corrected chi connectivity index (χ3v) is 4.68. The quantitative estimate of drug-likeness (QED) is 0.160. The van der Waals surface area contributed by atoms with Gasteiger partial charge >= 0.3 is 11.9 Å². The van der Waals surface area contributed by atoms with E-state index >= 15 is 0 Å². The first-order chi connectivity index (χ1) is 11.4. The van der Waals surface area contributed by atoms with Gasteiger partial charge in [-0.2, -0.15) is 0 Å². The molecule has 0 rings (SSSR count). The van der Waals surface area contributed by atoms with Crippen LogP contribution in [-0.2, 0) is 9.59 Å². The number of aliphatic carboxylic acids is 2. The lowest BCUT2D eigenvalue weighted by Crippen LogP contribution is -2.17. The van der Waals surface area contributed by atoms with Gasteiger partial charge < -0.3 is 22.5 Å². The first-order valence-electron chi connectivity index (χ1n) is 9.16. The number of carboxylic acid groups (broad SMARTS) is 2. The number of hydrogen-bond donors (Lipinski definition) is 4. The molecule has 0 aromatic carbocycles.